The van der Waals surface area contributed by atoms with Crippen LogP contribution < -0.4 is 5.32 Å². The van der Waals surface area contributed by atoms with Crippen LogP contribution in [0.5, 0.6) is 0 Å². The predicted octanol–water partition coefficient (Wildman–Crippen LogP) is 0.523. The van der Waals surface area contributed by atoms with Crippen LogP contribution in [0.15, 0.2) is 24.4 Å². The van der Waals surface area contributed by atoms with Gasteiger partial charge in [-0.3, -0.25) is 9.78 Å². The van der Waals surface area contributed by atoms with Gasteiger partial charge in [-0.15, -0.1) is 0 Å². The summed E-state index contributed by atoms with van der Waals surface area (Å²) in [5.74, 6) is -0.108. The molecule has 0 unspecified atom stereocenters. The highest BCUT2D eigenvalue weighted by molar-refractivity contribution is 7.90. The van der Waals surface area contributed by atoms with Gasteiger partial charge in [0.25, 0.3) is 0 Å². The number of carbonyl (C=O) groups excluding carboxylic acids is 1. The van der Waals surface area contributed by atoms with Crippen molar-refractivity contribution in [3.8, 4) is 0 Å². The molecule has 17 heavy (non-hydrogen) atoms. The Morgan fingerprint density at radius 1 is 1.41 bits per heavy atom. The SMILES string of the molecule is CS(=O)(=O)CCCC(=O)NCc1ccccn1. The topological polar surface area (TPSA) is 76.1 Å². The van der Waals surface area contributed by atoms with E-state index in [9.17, 15) is 13.2 Å². The van der Waals surface area contributed by atoms with Crippen molar-refractivity contribution in [2.24, 2.45) is 0 Å². The number of hydrogen-bond acceptors (Lipinski definition) is 4. The Morgan fingerprint density at radius 3 is 2.76 bits per heavy atom. The van der Waals surface area contributed by atoms with Gasteiger partial charge in [0.05, 0.1) is 18.0 Å². The summed E-state index contributed by atoms with van der Waals surface area (Å²) in [5, 5.41) is 2.69. The number of amides is 1. The van der Waals surface area contributed by atoms with Gasteiger partial charge in [0, 0.05) is 18.9 Å². The lowest BCUT2D eigenvalue weighted by Gasteiger charge is -2.04. The molecule has 0 aliphatic carbocycles. The minimum Gasteiger partial charge on any atom is -0.350 e. The Bertz CT molecular complexity index is 457. The largest absolute Gasteiger partial charge is 0.350 e. The monoisotopic (exact) mass is 256 g/mol. The van der Waals surface area contributed by atoms with E-state index in [-0.39, 0.29) is 18.1 Å². The smallest absolute Gasteiger partial charge is 0.220 e. The molecule has 0 saturated carbocycles. The summed E-state index contributed by atoms with van der Waals surface area (Å²) >= 11 is 0. The molecule has 1 heterocycles. The van der Waals surface area contributed by atoms with Crippen molar-refractivity contribution in [2.45, 2.75) is 19.4 Å². The van der Waals surface area contributed by atoms with E-state index in [0.29, 0.717) is 13.0 Å². The highest BCUT2D eigenvalue weighted by Gasteiger charge is 2.05. The Morgan fingerprint density at radius 2 is 2.18 bits per heavy atom. The Balaban J connectivity index is 2.22. The molecule has 0 bridgehead atoms. The van der Waals surface area contributed by atoms with Crippen molar-refractivity contribution in [3.05, 3.63) is 30.1 Å². The molecule has 1 rings (SSSR count). The number of nitrogens with zero attached hydrogens (tertiary/aromatic N) is 1. The first-order valence-corrected chi connectivity index (χ1v) is 7.38. The number of sulfone groups is 1. The second-order valence-corrected chi connectivity index (χ2v) is 6.09. The van der Waals surface area contributed by atoms with Crippen molar-refractivity contribution in [1.29, 1.82) is 0 Å². The maximum atomic E-state index is 11.4. The Labute approximate surface area is 101 Å². The number of hydrogen-bond donors (Lipinski definition) is 1. The van der Waals surface area contributed by atoms with Crippen LogP contribution in [0.4, 0.5) is 0 Å². The zero-order valence-corrected chi connectivity index (χ0v) is 10.5. The average molecular weight is 256 g/mol. The summed E-state index contributed by atoms with van der Waals surface area (Å²) in [6.07, 6.45) is 3.40. The highest BCUT2D eigenvalue weighted by atomic mass is 32.2. The van der Waals surface area contributed by atoms with Crippen LogP contribution in [0, 0.1) is 0 Å². The fourth-order valence-electron chi connectivity index (χ4n) is 1.28. The van der Waals surface area contributed by atoms with Crippen LogP contribution in [0.3, 0.4) is 0 Å². The maximum absolute atomic E-state index is 11.4. The number of aromatic nitrogens is 1. The van der Waals surface area contributed by atoms with Gasteiger partial charge < -0.3 is 5.32 Å². The van der Waals surface area contributed by atoms with Crippen molar-refractivity contribution in [2.75, 3.05) is 12.0 Å². The van der Waals surface area contributed by atoms with Gasteiger partial charge in [0.15, 0.2) is 0 Å². The second kappa shape index (κ2) is 6.34. The van der Waals surface area contributed by atoms with E-state index in [1.54, 1.807) is 12.3 Å². The summed E-state index contributed by atoms with van der Waals surface area (Å²) in [7, 11) is -2.98. The molecule has 6 heteroatoms. The molecule has 0 atom stereocenters. The summed E-state index contributed by atoms with van der Waals surface area (Å²) in [4.78, 5) is 15.4. The van der Waals surface area contributed by atoms with Crippen LogP contribution in [0.2, 0.25) is 0 Å². The minimum absolute atomic E-state index is 0.0456. The highest BCUT2D eigenvalue weighted by Crippen LogP contribution is 1.96. The number of pyridine rings is 1. The molecule has 0 aromatic carbocycles. The van der Waals surface area contributed by atoms with Gasteiger partial charge in [-0.2, -0.15) is 0 Å². The normalized spacial score (nSPS) is 11.1. The van der Waals surface area contributed by atoms with Crippen molar-refractivity contribution in [3.63, 3.8) is 0 Å². The van der Waals surface area contributed by atoms with Crippen LogP contribution in [0.1, 0.15) is 18.5 Å². The minimum atomic E-state index is -2.98. The summed E-state index contributed by atoms with van der Waals surface area (Å²) in [6.45, 7) is 0.374. The molecule has 0 aliphatic rings. The molecule has 1 aromatic rings. The van der Waals surface area contributed by atoms with Crippen LogP contribution in [0.25, 0.3) is 0 Å². The van der Waals surface area contributed by atoms with Gasteiger partial charge in [-0.25, -0.2) is 8.42 Å². The molecule has 0 radical (unpaired) electrons. The lowest BCUT2D eigenvalue weighted by Crippen LogP contribution is -2.23. The molecule has 94 valence electrons. The molecular formula is C11H16N2O3S. The molecule has 1 amide bonds. The van der Waals surface area contributed by atoms with Crippen molar-refractivity contribution >= 4 is 15.7 Å². The third kappa shape index (κ3) is 6.68. The fraction of sp³-hybridized carbons (Fsp3) is 0.455. The average Bonchev–Trinajstić information content (AvgIpc) is 2.26. The van der Waals surface area contributed by atoms with Crippen molar-refractivity contribution in [1.82, 2.24) is 10.3 Å². The molecule has 0 saturated heterocycles. The van der Waals surface area contributed by atoms with Gasteiger partial charge in [-0.05, 0) is 18.6 Å². The zero-order chi connectivity index (χ0) is 12.7. The molecule has 0 spiro atoms. The molecule has 0 fully saturated rings. The standard InChI is InChI=1S/C11H16N2O3S/c1-17(15,16)8-4-6-11(14)13-9-10-5-2-3-7-12-10/h2-3,5,7H,4,6,8-9H2,1H3,(H,13,14). The first-order chi connectivity index (χ1) is 7.97. The first-order valence-electron chi connectivity index (χ1n) is 5.32. The number of nitrogens with one attached hydrogen (secondary N) is 1. The van der Waals surface area contributed by atoms with Crippen LogP contribution in [-0.2, 0) is 21.2 Å². The number of carbonyl (C=O) groups is 1. The quantitative estimate of drug-likeness (QED) is 0.805. The third-order valence-electron chi connectivity index (χ3n) is 2.11. The lowest BCUT2D eigenvalue weighted by atomic mass is 10.3. The second-order valence-electron chi connectivity index (χ2n) is 3.83. The first kappa shape index (κ1) is 13.6. The summed E-state index contributed by atoms with van der Waals surface area (Å²) < 4.78 is 21.7. The third-order valence-corrected chi connectivity index (χ3v) is 3.14. The van der Waals surface area contributed by atoms with E-state index in [1.165, 1.54) is 6.26 Å². The summed E-state index contributed by atoms with van der Waals surface area (Å²) in [6, 6.07) is 5.46. The zero-order valence-electron chi connectivity index (χ0n) is 9.72. The van der Waals surface area contributed by atoms with Crippen LogP contribution >= 0.6 is 0 Å². The van der Waals surface area contributed by atoms with Gasteiger partial charge in [0.2, 0.25) is 5.91 Å². The molecule has 1 N–H and O–H groups in total. The summed E-state index contributed by atoms with van der Waals surface area (Å²) in [5.41, 5.74) is 0.781. The van der Waals surface area contributed by atoms with E-state index < -0.39 is 9.84 Å². The van der Waals surface area contributed by atoms with Crippen LogP contribution in [-0.4, -0.2) is 31.3 Å². The molecule has 5 nitrogen and oxygen atoms in total. The van der Waals surface area contributed by atoms with E-state index in [0.717, 1.165) is 5.69 Å². The molecular weight excluding hydrogens is 240 g/mol. The van der Waals surface area contributed by atoms with Gasteiger partial charge >= 0.3 is 0 Å². The molecule has 0 aliphatic heterocycles. The predicted molar refractivity (Wildman–Crippen MR) is 65.0 cm³/mol. The molecule has 1 aromatic heterocycles. The fourth-order valence-corrected chi connectivity index (χ4v) is 1.94. The Hall–Kier alpha value is -1.43. The van der Waals surface area contributed by atoms with E-state index in [1.807, 2.05) is 12.1 Å². The van der Waals surface area contributed by atoms with E-state index >= 15 is 0 Å². The van der Waals surface area contributed by atoms with Crippen molar-refractivity contribution < 1.29 is 13.2 Å². The van der Waals surface area contributed by atoms with Gasteiger partial charge in [-0.1, -0.05) is 6.07 Å². The lowest BCUT2D eigenvalue weighted by molar-refractivity contribution is -0.121. The maximum Gasteiger partial charge on any atom is 0.220 e. The Kier molecular flexibility index (Phi) is 5.09. The van der Waals surface area contributed by atoms with E-state index in [2.05, 4.69) is 10.3 Å². The van der Waals surface area contributed by atoms with E-state index in [4.69, 9.17) is 0 Å². The number of rotatable bonds is 6. The van der Waals surface area contributed by atoms with Gasteiger partial charge in [0.1, 0.15) is 9.84 Å².